The summed E-state index contributed by atoms with van der Waals surface area (Å²) in [6.45, 7) is 4.02. The van der Waals surface area contributed by atoms with E-state index < -0.39 is 6.04 Å². The molecule has 0 radical (unpaired) electrons. The quantitative estimate of drug-likeness (QED) is 0.825. The Morgan fingerprint density at radius 3 is 2.78 bits per heavy atom. The Hall–Kier alpha value is -1.04. The molecule has 6 heteroatoms. The Balaban J connectivity index is 2.83. The molecule has 5 nitrogen and oxygen atoms in total. The molecular formula is C12H19ClN2O3. The Bertz CT molecular complexity index is 404. The predicted molar refractivity (Wildman–Crippen MR) is 70.0 cm³/mol. The first kappa shape index (κ1) is 15.0. The van der Waals surface area contributed by atoms with Gasteiger partial charge in [0.2, 0.25) is 0 Å². The van der Waals surface area contributed by atoms with Crippen molar-refractivity contribution < 1.29 is 14.6 Å². The second-order valence-corrected chi connectivity index (χ2v) is 4.79. The van der Waals surface area contributed by atoms with Gasteiger partial charge in [0, 0.05) is 19.3 Å². The summed E-state index contributed by atoms with van der Waals surface area (Å²) in [4.78, 5) is 12.1. The highest BCUT2D eigenvalue weighted by atomic mass is 35.5. The van der Waals surface area contributed by atoms with Crippen LogP contribution in [-0.4, -0.2) is 41.9 Å². The molecule has 2 N–H and O–H groups in total. The van der Waals surface area contributed by atoms with Gasteiger partial charge >= 0.3 is 0 Å². The number of halogens is 1. The average molecular weight is 275 g/mol. The summed E-state index contributed by atoms with van der Waals surface area (Å²) in [5.41, 5.74) is 0.476. The predicted octanol–water partition coefficient (Wildman–Crippen LogP) is 1.46. The Morgan fingerprint density at radius 1 is 1.61 bits per heavy atom. The van der Waals surface area contributed by atoms with Crippen LogP contribution < -0.4 is 5.32 Å². The molecule has 102 valence electrons. The number of nitrogens with zero attached hydrogens (tertiary/aromatic N) is 1. The lowest BCUT2D eigenvalue weighted by atomic mass is 10.3. The molecule has 0 fully saturated rings. The largest absolute Gasteiger partial charge is 0.394 e. The van der Waals surface area contributed by atoms with Gasteiger partial charge in [0.25, 0.3) is 5.91 Å². The minimum absolute atomic E-state index is 0.133. The molecule has 18 heavy (non-hydrogen) atoms. The van der Waals surface area contributed by atoms with Gasteiger partial charge in [-0.05, 0) is 19.9 Å². The van der Waals surface area contributed by atoms with E-state index in [0.29, 0.717) is 10.7 Å². The molecule has 1 atom stereocenters. The second-order valence-electron chi connectivity index (χ2n) is 4.35. The lowest BCUT2D eigenvalue weighted by molar-refractivity contribution is 0.0830. The first-order valence-electron chi connectivity index (χ1n) is 5.77. The fraction of sp³-hybridized carbons (Fsp3) is 0.583. The molecule has 0 spiro atoms. The summed E-state index contributed by atoms with van der Waals surface area (Å²) in [6, 6.07) is 1.32. The maximum Gasteiger partial charge on any atom is 0.268 e. The molecule has 0 bridgehead atoms. The van der Waals surface area contributed by atoms with Crippen molar-refractivity contribution in [2.24, 2.45) is 0 Å². The fourth-order valence-corrected chi connectivity index (χ4v) is 1.86. The monoisotopic (exact) mass is 274 g/mol. The summed E-state index contributed by atoms with van der Waals surface area (Å²) in [7, 11) is 1.52. The van der Waals surface area contributed by atoms with Crippen LogP contribution in [0.2, 0.25) is 5.02 Å². The van der Waals surface area contributed by atoms with Gasteiger partial charge in [-0.2, -0.15) is 0 Å². The summed E-state index contributed by atoms with van der Waals surface area (Å²) < 4.78 is 6.70. The molecule has 0 aliphatic heterocycles. The molecule has 0 aliphatic carbocycles. The van der Waals surface area contributed by atoms with E-state index in [1.165, 1.54) is 7.11 Å². The summed E-state index contributed by atoms with van der Waals surface area (Å²) >= 11 is 5.91. The number of ether oxygens (including phenoxy) is 1. The number of aromatic nitrogens is 1. The molecular weight excluding hydrogens is 256 g/mol. The van der Waals surface area contributed by atoms with Crippen molar-refractivity contribution in [1.82, 2.24) is 9.88 Å². The van der Waals surface area contributed by atoms with E-state index in [1.807, 2.05) is 13.8 Å². The van der Waals surface area contributed by atoms with Crippen molar-refractivity contribution in [3.63, 3.8) is 0 Å². The molecule has 1 amide bonds. The van der Waals surface area contributed by atoms with Crippen LogP contribution in [-0.2, 0) is 4.74 Å². The zero-order valence-corrected chi connectivity index (χ0v) is 11.6. The molecule has 1 rings (SSSR count). The number of carbonyl (C=O) groups excluding carboxylic acids is 1. The normalized spacial score (nSPS) is 12.8. The number of rotatable bonds is 6. The molecule has 0 saturated carbocycles. The molecule has 0 aromatic carbocycles. The highest BCUT2D eigenvalue weighted by Gasteiger charge is 2.18. The zero-order chi connectivity index (χ0) is 13.7. The second kappa shape index (κ2) is 6.78. The lowest BCUT2D eigenvalue weighted by Crippen LogP contribution is -2.41. The van der Waals surface area contributed by atoms with Crippen molar-refractivity contribution in [3.8, 4) is 0 Å². The molecule has 0 saturated heterocycles. The molecule has 1 aromatic heterocycles. The number of aliphatic hydroxyl groups excluding tert-OH is 1. The Kier molecular flexibility index (Phi) is 5.65. The van der Waals surface area contributed by atoms with Crippen LogP contribution in [0.3, 0.4) is 0 Å². The number of amides is 1. The summed E-state index contributed by atoms with van der Waals surface area (Å²) in [5, 5.41) is 12.3. The summed E-state index contributed by atoms with van der Waals surface area (Å²) in [5.74, 6) is -0.272. The maximum absolute atomic E-state index is 12.1. The zero-order valence-electron chi connectivity index (χ0n) is 10.8. The van der Waals surface area contributed by atoms with E-state index in [4.69, 9.17) is 21.4 Å². The number of hydrogen-bond donors (Lipinski definition) is 2. The standard InChI is InChI=1S/C12H19ClN2O3/c1-8(2)15-5-9(13)4-11(15)12(17)14-10(6-16)7-18-3/h4-5,8,10,16H,6-7H2,1-3H3,(H,14,17). The number of aliphatic hydroxyl groups is 1. The van der Waals surface area contributed by atoms with Crippen LogP contribution in [0.1, 0.15) is 30.4 Å². The third-order valence-electron chi connectivity index (χ3n) is 2.53. The SMILES string of the molecule is COCC(CO)NC(=O)c1cc(Cl)cn1C(C)C. The van der Waals surface area contributed by atoms with Crippen LogP contribution in [0, 0.1) is 0 Å². The average Bonchev–Trinajstić information content (AvgIpc) is 2.71. The molecule has 1 heterocycles. The highest BCUT2D eigenvalue weighted by molar-refractivity contribution is 6.31. The molecule has 0 aliphatic rings. The van der Waals surface area contributed by atoms with Crippen molar-refractivity contribution in [2.75, 3.05) is 20.3 Å². The Labute approximate surface area is 112 Å². The topological polar surface area (TPSA) is 63.5 Å². The van der Waals surface area contributed by atoms with E-state index >= 15 is 0 Å². The van der Waals surface area contributed by atoms with Crippen molar-refractivity contribution in [2.45, 2.75) is 25.9 Å². The summed E-state index contributed by atoms with van der Waals surface area (Å²) in [6.07, 6.45) is 1.71. The number of methoxy groups -OCH3 is 1. The molecule has 1 unspecified atom stereocenters. The van der Waals surface area contributed by atoms with E-state index in [2.05, 4.69) is 5.32 Å². The van der Waals surface area contributed by atoms with Gasteiger partial charge in [-0.1, -0.05) is 11.6 Å². The maximum atomic E-state index is 12.1. The van der Waals surface area contributed by atoms with Gasteiger partial charge in [0.1, 0.15) is 5.69 Å². The van der Waals surface area contributed by atoms with E-state index in [-0.39, 0.29) is 25.2 Å². The number of nitrogens with one attached hydrogen (secondary N) is 1. The lowest BCUT2D eigenvalue weighted by Gasteiger charge is -2.17. The van der Waals surface area contributed by atoms with Crippen LogP contribution in [0.5, 0.6) is 0 Å². The smallest absolute Gasteiger partial charge is 0.268 e. The third kappa shape index (κ3) is 3.73. The van der Waals surface area contributed by atoms with Gasteiger partial charge in [-0.25, -0.2) is 0 Å². The van der Waals surface area contributed by atoms with Gasteiger partial charge in [-0.3, -0.25) is 4.79 Å². The minimum atomic E-state index is -0.420. The van der Waals surface area contributed by atoms with Crippen molar-refractivity contribution >= 4 is 17.5 Å². The van der Waals surface area contributed by atoms with Crippen LogP contribution in [0.4, 0.5) is 0 Å². The third-order valence-corrected chi connectivity index (χ3v) is 2.73. The van der Waals surface area contributed by atoms with E-state index in [0.717, 1.165) is 0 Å². The van der Waals surface area contributed by atoms with Crippen LogP contribution >= 0.6 is 11.6 Å². The first-order valence-corrected chi connectivity index (χ1v) is 6.15. The number of carbonyl (C=O) groups is 1. The van der Waals surface area contributed by atoms with Crippen molar-refractivity contribution in [3.05, 3.63) is 23.0 Å². The van der Waals surface area contributed by atoms with E-state index in [1.54, 1.807) is 16.8 Å². The fourth-order valence-electron chi connectivity index (χ4n) is 1.66. The van der Waals surface area contributed by atoms with Crippen LogP contribution in [0.25, 0.3) is 0 Å². The Morgan fingerprint density at radius 2 is 2.28 bits per heavy atom. The van der Waals surface area contributed by atoms with Gasteiger partial charge < -0.3 is 19.7 Å². The first-order chi connectivity index (χ1) is 8.49. The molecule has 1 aromatic rings. The number of hydrogen-bond acceptors (Lipinski definition) is 3. The van der Waals surface area contributed by atoms with Crippen molar-refractivity contribution in [1.29, 1.82) is 0 Å². The minimum Gasteiger partial charge on any atom is -0.394 e. The van der Waals surface area contributed by atoms with E-state index in [9.17, 15) is 4.79 Å². The van der Waals surface area contributed by atoms with Gasteiger partial charge in [0.15, 0.2) is 0 Å². The van der Waals surface area contributed by atoms with Gasteiger partial charge in [0.05, 0.1) is 24.3 Å². The highest BCUT2D eigenvalue weighted by Crippen LogP contribution is 2.18. The van der Waals surface area contributed by atoms with Gasteiger partial charge in [-0.15, -0.1) is 0 Å². The van der Waals surface area contributed by atoms with Crippen LogP contribution in [0.15, 0.2) is 12.3 Å².